The van der Waals surface area contributed by atoms with Crippen LogP contribution in [0.5, 0.6) is 0 Å². The standard InChI is InChI=1S/C10H12N11O7P/c11-6-3-7(16-9(15-6)17-19-12)21(10(14-3)18-20-13)8-5(23)4(22)2(28-8)1-27-29(24,25)26/h2,4-5,8,22-23H,1H2,(H4-,11,12,15,17,24,25,26)/p+1/t2-,4-,5-,8-/m1/s1. The van der Waals surface area contributed by atoms with Crippen molar-refractivity contribution in [2.24, 2.45) is 36.1 Å². The first kappa shape index (κ1) is 20.7. The lowest BCUT2D eigenvalue weighted by molar-refractivity contribution is -0.0512. The second-order valence-corrected chi connectivity index (χ2v) is 6.82. The van der Waals surface area contributed by atoms with Crippen molar-refractivity contribution in [2.75, 3.05) is 6.61 Å². The smallest absolute Gasteiger partial charge is 0.387 e. The molecule has 3 heterocycles. The van der Waals surface area contributed by atoms with Gasteiger partial charge >= 0.3 is 18.9 Å². The maximum absolute atomic E-state index is 10.9. The molecule has 18 nitrogen and oxygen atoms in total. The largest absolute Gasteiger partial charge is 0.469 e. The molecule has 0 amide bonds. The van der Waals surface area contributed by atoms with Crippen LogP contribution in [-0.2, 0) is 13.8 Å². The van der Waals surface area contributed by atoms with Gasteiger partial charge in [0.15, 0.2) is 23.6 Å². The maximum atomic E-state index is 10.9. The first-order valence-electron chi connectivity index (χ1n) is 7.56. The molecule has 7 N–H and O–H groups in total. The lowest BCUT2D eigenvalue weighted by Crippen LogP contribution is -2.51. The number of phosphoric acid groups is 1. The van der Waals surface area contributed by atoms with Gasteiger partial charge in [-0.2, -0.15) is 20.5 Å². The normalized spacial score (nSPS) is 32.0. The molecule has 3 rings (SSSR count). The molecule has 0 spiro atoms. The van der Waals surface area contributed by atoms with Crippen molar-refractivity contribution in [1.82, 2.24) is 4.90 Å². The molecule has 0 aromatic rings. The highest BCUT2D eigenvalue weighted by Gasteiger charge is 2.52. The maximum Gasteiger partial charge on any atom is 0.469 e. The Bertz CT molecular complexity index is 962. The van der Waals surface area contributed by atoms with E-state index in [0.717, 1.165) is 4.90 Å². The molecule has 19 heteroatoms. The zero-order valence-electron chi connectivity index (χ0n) is 14.1. The lowest BCUT2D eigenvalue weighted by Gasteiger charge is -2.26. The van der Waals surface area contributed by atoms with Crippen molar-refractivity contribution in [2.45, 2.75) is 24.5 Å². The van der Waals surface area contributed by atoms with Crippen LogP contribution in [0.4, 0.5) is 0 Å². The summed E-state index contributed by atoms with van der Waals surface area (Å²) in [4.78, 5) is 30.3. The number of nitrogens with one attached hydrogen (secondary N) is 1. The van der Waals surface area contributed by atoms with Crippen LogP contribution in [0.2, 0.25) is 0 Å². The number of nitrogens with two attached hydrogens (primary N) is 1. The third kappa shape index (κ3) is 4.06. The molecule has 0 aromatic carbocycles. The highest BCUT2D eigenvalue weighted by atomic mass is 31.2. The second-order valence-electron chi connectivity index (χ2n) is 5.58. The number of hydrogen-bond donors (Lipinski definition) is 6. The minimum Gasteiger partial charge on any atom is -0.387 e. The molecule has 29 heavy (non-hydrogen) atoms. The van der Waals surface area contributed by atoms with Crippen molar-refractivity contribution < 1.29 is 33.8 Å². The molecule has 0 aliphatic carbocycles. The van der Waals surface area contributed by atoms with Crippen LogP contribution in [0.1, 0.15) is 0 Å². The Kier molecular flexibility index (Phi) is 5.54. The number of rotatable bonds is 5. The third-order valence-corrected chi connectivity index (χ3v) is 4.29. The van der Waals surface area contributed by atoms with Gasteiger partial charge in [-0.25, -0.2) is 4.57 Å². The van der Waals surface area contributed by atoms with Crippen molar-refractivity contribution in [3.05, 3.63) is 5.08 Å². The summed E-state index contributed by atoms with van der Waals surface area (Å²) in [5.74, 6) is -1.04. The second kappa shape index (κ2) is 7.76. The fourth-order valence-electron chi connectivity index (χ4n) is 2.66. The highest BCUT2D eigenvalue weighted by Crippen LogP contribution is 2.37. The molecule has 1 saturated heterocycles. The van der Waals surface area contributed by atoms with E-state index in [0.29, 0.717) is 0 Å². The van der Waals surface area contributed by atoms with Crippen LogP contribution in [0.25, 0.3) is 5.08 Å². The van der Waals surface area contributed by atoms with E-state index in [4.69, 9.17) is 31.2 Å². The summed E-state index contributed by atoms with van der Waals surface area (Å²) in [6.07, 6.45) is -6.11. The van der Waals surface area contributed by atoms with Crippen molar-refractivity contribution in [3.8, 4) is 0 Å². The van der Waals surface area contributed by atoms with Gasteiger partial charge in [-0.05, 0) is 5.22 Å². The van der Waals surface area contributed by atoms with Gasteiger partial charge in [-0.3, -0.25) is 9.42 Å². The topological polar surface area (TPSA) is 272 Å². The first-order chi connectivity index (χ1) is 13.7. The van der Waals surface area contributed by atoms with Crippen LogP contribution < -0.4 is 5.73 Å². The summed E-state index contributed by atoms with van der Waals surface area (Å²) >= 11 is 0. The monoisotopic (exact) mass is 430 g/mol. The van der Waals surface area contributed by atoms with Crippen LogP contribution in [-0.4, -0.2) is 85.3 Å². The van der Waals surface area contributed by atoms with Gasteiger partial charge in [0.1, 0.15) is 18.3 Å². The molecule has 4 atom stereocenters. The number of aliphatic hydroxyl groups excluding tert-OH is 2. The van der Waals surface area contributed by atoms with Gasteiger partial charge in [-0.15, -0.1) is 0 Å². The summed E-state index contributed by atoms with van der Waals surface area (Å²) in [7, 11) is -4.86. The van der Waals surface area contributed by atoms with Crippen molar-refractivity contribution in [3.63, 3.8) is 0 Å². The van der Waals surface area contributed by atoms with E-state index in [1.807, 2.05) is 0 Å². The molecule has 0 saturated carbocycles. The quantitative estimate of drug-likeness (QED) is 0.115. The van der Waals surface area contributed by atoms with Gasteiger partial charge in [0.25, 0.3) is 11.4 Å². The molecule has 0 unspecified atom stereocenters. The predicted octanol–water partition coefficient (Wildman–Crippen LogP) is -2.51. The Hall–Kier alpha value is -3.04. The van der Waals surface area contributed by atoms with Gasteiger partial charge in [0, 0.05) is 0 Å². The minimum atomic E-state index is -4.86. The van der Waals surface area contributed by atoms with Crippen LogP contribution >= 0.6 is 7.82 Å². The number of fused-ring (bicyclic) bond motifs is 1. The van der Waals surface area contributed by atoms with Crippen LogP contribution in [0.3, 0.4) is 0 Å². The summed E-state index contributed by atoms with van der Waals surface area (Å²) < 4.78 is 20.6. The number of aliphatic hydroxyl groups is 2. The van der Waals surface area contributed by atoms with E-state index in [1.165, 1.54) is 0 Å². The van der Waals surface area contributed by atoms with Gasteiger partial charge in [0.2, 0.25) is 5.10 Å². The number of diazo groups is 1. The number of nitrogens with zero attached hydrogens (tertiary/aromatic N) is 9. The molecule has 0 bridgehead atoms. The summed E-state index contributed by atoms with van der Waals surface area (Å²) in [6, 6.07) is 0. The van der Waals surface area contributed by atoms with Gasteiger partial charge in [0.05, 0.1) is 6.61 Å². The molecular weight excluding hydrogens is 417 g/mol. The Morgan fingerprint density at radius 3 is 2.69 bits per heavy atom. The highest BCUT2D eigenvalue weighted by molar-refractivity contribution is 7.46. The third-order valence-electron chi connectivity index (χ3n) is 3.81. The molecule has 0 radical (unpaired) electrons. The Morgan fingerprint density at radius 2 is 2.07 bits per heavy atom. The first-order valence-corrected chi connectivity index (χ1v) is 9.09. The average molecular weight is 430 g/mol. The Labute approximate surface area is 160 Å². The van der Waals surface area contributed by atoms with E-state index in [9.17, 15) is 14.8 Å². The molecular formula is C10H13N11O7P+. The molecule has 0 aromatic heterocycles. The number of aliphatic imine (C=N–C) groups is 3. The molecule has 154 valence electrons. The minimum absolute atomic E-state index is 0.0588. The predicted molar refractivity (Wildman–Crippen MR) is 92.1 cm³/mol. The summed E-state index contributed by atoms with van der Waals surface area (Å²) in [5, 5.41) is 41.4. The number of amidine groups is 2. The number of hydrogen-bond acceptors (Lipinski definition) is 10. The van der Waals surface area contributed by atoms with Gasteiger partial charge in [-0.1, -0.05) is 5.10 Å². The Morgan fingerprint density at radius 1 is 1.34 bits per heavy atom. The zero-order valence-corrected chi connectivity index (χ0v) is 15.0. The van der Waals surface area contributed by atoms with E-state index in [1.54, 1.807) is 0 Å². The van der Waals surface area contributed by atoms with E-state index in [2.05, 4.69) is 40.0 Å². The van der Waals surface area contributed by atoms with E-state index >= 15 is 0 Å². The fraction of sp³-hybridized carbons (Fsp3) is 0.500. The van der Waals surface area contributed by atoms with E-state index < -0.39 is 39.0 Å². The lowest BCUT2D eigenvalue weighted by atomic mass is 10.1. The van der Waals surface area contributed by atoms with E-state index in [-0.39, 0.29) is 29.3 Å². The number of ether oxygens (including phenoxy) is 1. The Balaban J connectivity index is 1.95. The molecule has 1 fully saturated rings. The zero-order chi connectivity index (χ0) is 21.3. The van der Waals surface area contributed by atoms with Crippen LogP contribution in [0, 0.1) is 10.9 Å². The van der Waals surface area contributed by atoms with Gasteiger partial charge < -0.3 is 30.5 Å². The fourth-order valence-corrected chi connectivity index (χ4v) is 3.00. The summed E-state index contributed by atoms with van der Waals surface area (Å²) in [5.41, 5.74) is 12.5. The number of phosphoric ester groups is 1. The molecule has 3 aliphatic rings. The average Bonchev–Trinajstić information content (AvgIpc) is 3.12. The van der Waals surface area contributed by atoms with Crippen LogP contribution in [0.15, 0.2) is 30.4 Å². The molecule has 3 aliphatic heterocycles. The van der Waals surface area contributed by atoms with Crippen molar-refractivity contribution in [1.29, 1.82) is 10.9 Å². The summed E-state index contributed by atoms with van der Waals surface area (Å²) in [6.45, 7) is -0.752. The van der Waals surface area contributed by atoms with Crippen molar-refractivity contribution >= 4 is 37.1 Å². The number of guanidine groups is 2. The SMILES string of the molecule is N#[N+]N=C1N=C2C(N)=NC(=NN=N)N=C2N1[C@@H]1O[C@H](COP(=O)(O)O)[C@@H](O)[C@H]1O.